The Morgan fingerprint density at radius 3 is 2.50 bits per heavy atom. The van der Waals surface area contributed by atoms with Crippen LogP contribution < -0.4 is 5.32 Å². The Hall–Kier alpha value is -0.780. The maximum Gasteiger partial charge on any atom is 0.417 e. The molecule has 1 N–H and O–H groups in total. The molecule has 0 unspecified atom stereocenters. The zero-order chi connectivity index (χ0) is 16.2. The number of halogens is 4. The Balaban J connectivity index is 2.24. The Labute approximate surface area is 134 Å². The lowest BCUT2D eigenvalue weighted by Gasteiger charge is -2.35. The van der Waals surface area contributed by atoms with Crippen LogP contribution in [0.25, 0.3) is 0 Å². The van der Waals surface area contributed by atoms with Gasteiger partial charge in [-0.3, -0.25) is 4.90 Å². The number of rotatable bonds is 5. The number of nitrogens with one attached hydrogen (secondary N) is 1. The summed E-state index contributed by atoms with van der Waals surface area (Å²) in [7, 11) is 0. The highest BCUT2D eigenvalue weighted by Gasteiger charge is 2.33. The highest BCUT2D eigenvalue weighted by Crippen LogP contribution is 2.37. The van der Waals surface area contributed by atoms with Crippen LogP contribution in [0.3, 0.4) is 0 Å². The molecule has 1 aliphatic heterocycles. The minimum Gasteiger partial charge on any atom is -0.314 e. The normalized spacial score (nSPS) is 18.4. The molecular formula is C16H22ClF3N2. The molecule has 1 heterocycles. The summed E-state index contributed by atoms with van der Waals surface area (Å²) in [6, 6.07) is 4.32. The van der Waals surface area contributed by atoms with Gasteiger partial charge in [0.15, 0.2) is 0 Å². The summed E-state index contributed by atoms with van der Waals surface area (Å²) in [5, 5.41) is 3.09. The lowest BCUT2D eigenvalue weighted by atomic mass is 9.97. The van der Waals surface area contributed by atoms with Gasteiger partial charge in [0.05, 0.1) is 10.6 Å². The number of hydrogen-bond acceptors (Lipinski definition) is 2. The third-order valence-corrected chi connectivity index (χ3v) is 4.42. The van der Waals surface area contributed by atoms with Crippen molar-refractivity contribution in [1.29, 1.82) is 0 Å². The molecular weight excluding hydrogens is 313 g/mol. The monoisotopic (exact) mass is 334 g/mol. The molecule has 1 aliphatic rings. The molecule has 6 heteroatoms. The maximum atomic E-state index is 12.8. The molecule has 0 amide bonds. The van der Waals surface area contributed by atoms with Crippen LogP contribution in [-0.4, -0.2) is 31.1 Å². The van der Waals surface area contributed by atoms with E-state index in [0.717, 1.165) is 57.1 Å². The van der Waals surface area contributed by atoms with Gasteiger partial charge >= 0.3 is 6.18 Å². The SMILES string of the molecule is CCCC[C@@H](c1ccc(C(F)(F)F)c(Cl)c1)N1CCNCC1. The zero-order valence-electron chi connectivity index (χ0n) is 12.7. The zero-order valence-corrected chi connectivity index (χ0v) is 13.5. The van der Waals surface area contributed by atoms with Crippen LogP contribution in [0.2, 0.25) is 5.02 Å². The van der Waals surface area contributed by atoms with Crippen molar-refractivity contribution >= 4 is 11.6 Å². The largest absolute Gasteiger partial charge is 0.417 e. The van der Waals surface area contributed by atoms with Crippen LogP contribution in [0.1, 0.15) is 43.4 Å². The molecule has 0 bridgehead atoms. The second-order valence-corrected chi connectivity index (χ2v) is 6.09. The second kappa shape index (κ2) is 7.66. The van der Waals surface area contributed by atoms with Crippen molar-refractivity contribution in [2.24, 2.45) is 0 Å². The number of benzene rings is 1. The Bertz CT molecular complexity index is 485. The van der Waals surface area contributed by atoms with Gasteiger partial charge in [0, 0.05) is 32.2 Å². The molecule has 1 saturated heterocycles. The lowest BCUT2D eigenvalue weighted by Crippen LogP contribution is -2.45. The van der Waals surface area contributed by atoms with Crippen molar-refractivity contribution < 1.29 is 13.2 Å². The van der Waals surface area contributed by atoms with Crippen molar-refractivity contribution in [2.45, 2.75) is 38.4 Å². The highest BCUT2D eigenvalue weighted by atomic mass is 35.5. The number of unbranched alkanes of at least 4 members (excludes halogenated alkanes) is 1. The van der Waals surface area contributed by atoms with Gasteiger partial charge in [-0.1, -0.05) is 37.4 Å². The number of hydrogen-bond donors (Lipinski definition) is 1. The fraction of sp³-hybridized carbons (Fsp3) is 0.625. The maximum absolute atomic E-state index is 12.8. The molecule has 0 saturated carbocycles. The molecule has 0 spiro atoms. The van der Waals surface area contributed by atoms with Gasteiger partial charge < -0.3 is 5.32 Å². The molecule has 0 aromatic heterocycles. The summed E-state index contributed by atoms with van der Waals surface area (Å²) in [6.07, 6.45) is -1.34. The first kappa shape index (κ1) is 17.6. The van der Waals surface area contributed by atoms with Gasteiger partial charge in [-0.2, -0.15) is 13.2 Å². The minimum absolute atomic E-state index is 0.141. The highest BCUT2D eigenvalue weighted by molar-refractivity contribution is 6.31. The fourth-order valence-corrected chi connectivity index (χ4v) is 3.22. The van der Waals surface area contributed by atoms with Crippen LogP contribution in [0.15, 0.2) is 18.2 Å². The average molecular weight is 335 g/mol. The third kappa shape index (κ3) is 4.37. The van der Waals surface area contributed by atoms with Crippen LogP contribution in [-0.2, 0) is 6.18 Å². The van der Waals surface area contributed by atoms with E-state index in [0.29, 0.717) is 0 Å². The Morgan fingerprint density at radius 2 is 1.95 bits per heavy atom. The summed E-state index contributed by atoms with van der Waals surface area (Å²) in [5.74, 6) is 0. The number of nitrogens with zero attached hydrogens (tertiary/aromatic N) is 1. The molecule has 22 heavy (non-hydrogen) atoms. The van der Waals surface area contributed by atoms with Crippen LogP contribution in [0.4, 0.5) is 13.2 Å². The summed E-state index contributed by atoms with van der Waals surface area (Å²) in [5.41, 5.74) is 0.126. The van der Waals surface area contributed by atoms with Gasteiger partial charge in [0.1, 0.15) is 0 Å². The first-order valence-corrected chi connectivity index (χ1v) is 8.12. The summed E-state index contributed by atoms with van der Waals surface area (Å²) in [4.78, 5) is 2.34. The minimum atomic E-state index is -4.40. The van der Waals surface area contributed by atoms with Gasteiger partial charge in [-0.05, 0) is 24.1 Å². The van der Waals surface area contributed by atoms with Gasteiger partial charge in [0.25, 0.3) is 0 Å². The van der Waals surface area contributed by atoms with E-state index in [9.17, 15) is 13.2 Å². The van der Waals surface area contributed by atoms with Gasteiger partial charge in [-0.15, -0.1) is 0 Å². The molecule has 2 nitrogen and oxygen atoms in total. The smallest absolute Gasteiger partial charge is 0.314 e. The molecule has 1 fully saturated rings. The first-order valence-electron chi connectivity index (χ1n) is 7.75. The predicted octanol–water partition coefficient (Wildman–Crippen LogP) is 4.50. The molecule has 1 aromatic rings. The van der Waals surface area contributed by atoms with Crippen LogP contribution >= 0.6 is 11.6 Å². The fourth-order valence-electron chi connectivity index (χ4n) is 2.92. The van der Waals surface area contributed by atoms with Gasteiger partial charge in [0.2, 0.25) is 0 Å². The average Bonchev–Trinajstić information content (AvgIpc) is 2.47. The predicted molar refractivity (Wildman–Crippen MR) is 83.2 cm³/mol. The Morgan fingerprint density at radius 1 is 1.27 bits per heavy atom. The van der Waals surface area contributed by atoms with E-state index >= 15 is 0 Å². The van der Waals surface area contributed by atoms with E-state index in [2.05, 4.69) is 17.1 Å². The number of alkyl halides is 3. The van der Waals surface area contributed by atoms with E-state index in [1.807, 2.05) is 0 Å². The summed E-state index contributed by atoms with van der Waals surface area (Å²) in [6.45, 7) is 5.77. The Kier molecular flexibility index (Phi) is 6.12. The van der Waals surface area contributed by atoms with Crippen molar-refractivity contribution in [3.05, 3.63) is 34.3 Å². The van der Waals surface area contributed by atoms with E-state index in [-0.39, 0.29) is 11.1 Å². The standard InChI is InChI=1S/C16H22ClF3N2/c1-2-3-4-15(22-9-7-21-8-10-22)12-5-6-13(14(17)11-12)16(18,19)20/h5-6,11,15,21H,2-4,7-10H2,1H3/t15-/m0/s1. The van der Waals surface area contributed by atoms with E-state index < -0.39 is 11.7 Å². The second-order valence-electron chi connectivity index (χ2n) is 5.68. The summed E-state index contributed by atoms with van der Waals surface area (Å²) < 4.78 is 38.5. The molecule has 0 radical (unpaired) electrons. The topological polar surface area (TPSA) is 15.3 Å². The van der Waals surface area contributed by atoms with Gasteiger partial charge in [-0.25, -0.2) is 0 Å². The van der Waals surface area contributed by atoms with Crippen molar-refractivity contribution in [3.8, 4) is 0 Å². The summed E-state index contributed by atoms with van der Waals surface area (Å²) >= 11 is 5.88. The molecule has 1 aromatic carbocycles. The van der Waals surface area contributed by atoms with E-state index in [1.165, 1.54) is 6.07 Å². The van der Waals surface area contributed by atoms with Crippen molar-refractivity contribution in [3.63, 3.8) is 0 Å². The molecule has 1 atom stereocenters. The molecule has 2 rings (SSSR count). The van der Waals surface area contributed by atoms with E-state index in [1.54, 1.807) is 6.07 Å². The molecule has 0 aliphatic carbocycles. The number of piperazine rings is 1. The molecule has 124 valence electrons. The first-order chi connectivity index (χ1) is 10.4. The van der Waals surface area contributed by atoms with E-state index in [4.69, 9.17) is 11.6 Å². The van der Waals surface area contributed by atoms with Crippen LogP contribution in [0, 0.1) is 0 Å². The third-order valence-electron chi connectivity index (χ3n) is 4.11. The quantitative estimate of drug-likeness (QED) is 0.853. The van der Waals surface area contributed by atoms with Crippen molar-refractivity contribution in [2.75, 3.05) is 26.2 Å². The van der Waals surface area contributed by atoms with Crippen molar-refractivity contribution in [1.82, 2.24) is 10.2 Å². The lowest BCUT2D eigenvalue weighted by molar-refractivity contribution is -0.137. The van der Waals surface area contributed by atoms with Crippen LogP contribution in [0.5, 0.6) is 0 Å².